The molecule has 8 nitrogen and oxygen atoms in total. The van der Waals surface area contributed by atoms with Gasteiger partial charge >= 0.3 is 0 Å². The fourth-order valence-corrected chi connectivity index (χ4v) is 2.34. The van der Waals surface area contributed by atoms with E-state index in [1.165, 1.54) is 23.1 Å². The van der Waals surface area contributed by atoms with Crippen molar-refractivity contribution in [2.24, 2.45) is 0 Å². The Balaban J connectivity index is 2.06. The van der Waals surface area contributed by atoms with Gasteiger partial charge in [-0.15, -0.1) is 0 Å². The molecule has 0 atom stereocenters. The van der Waals surface area contributed by atoms with Crippen LogP contribution in [0.1, 0.15) is 24.3 Å². The van der Waals surface area contributed by atoms with Crippen LogP contribution >= 0.6 is 0 Å². The molecular formula is C17H16N4O4. The third kappa shape index (κ3) is 3.42. The smallest absolute Gasteiger partial charge is 0.270 e. The highest BCUT2D eigenvalue weighted by Crippen LogP contribution is 2.23. The molecule has 0 spiro atoms. The molecule has 0 bridgehead atoms. The van der Waals surface area contributed by atoms with Gasteiger partial charge in [0.05, 0.1) is 16.9 Å². The van der Waals surface area contributed by atoms with Gasteiger partial charge in [0, 0.05) is 24.2 Å². The number of hydrogen-bond donors (Lipinski definition) is 1. The van der Waals surface area contributed by atoms with Gasteiger partial charge in [-0.1, -0.05) is 0 Å². The maximum absolute atomic E-state index is 12.5. The lowest BCUT2D eigenvalue weighted by atomic mass is 10.2. The van der Waals surface area contributed by atoms with E-state index in [9.17, 15) is 14.9 Å². The first kappa shape index (κ1) is 16.4. The van der Waals surface area contributed by atoms with E-state index in [2.05, 4.69) is 10.4 Å². The van der Waals surface area contributed by atoms with Crippen LogP contribution in [0.3, 0.4) is 0 Å². The third-order valence-corrected chi connectivity index (χ3v) is 3.44. The van der Waals surface area contributed by atoms with Crippen LogP contribution in [-0.4, -0.2) is 26.7 Å². The van der Waals surface area contributed by atoms with Crippen LogP contribution in [0.4, 0.5) is 5.69 Å². The van der Waals surface area contributed by atoms with E-state index >= 15 is 0 Å². The van der Waals surface area contributed by atoms with Gasteiger partial charge in [0.25, 0.3) is 11.6 Å². The number of rotatable bonds is 5. The predicted octanol–water partition coefficient (Wildman–Crippen LogP) is 3.18. The summed E-state index contributed by atoms with van der Waals surface area (Å²) in [6, 6.07) is 10.9. The van der Waals surface area contributed by atoms with Crippen molar-refractivity contribution in [3.05, 3.63) is 64.5 Å². The molecule has 0 aliphatic rings. The first-order chi connectivity index (χ1) is 12.0. The Hall–Kier alpha value is -3.42. The van der Waals surface area contributed by atoms with Crippen LogP contribution in [0.15, 0.2) is 53.1 Å². The highest BCUT2D eigenvalue weighted by Gasteiger charge is 2.19. The minimum Gasteiger partial charge on any atom is -0.463 e. The lowest BCUT2D eigenvalue weighted by Crippen LogP contribution is -2.31. The summed E-state index contributed by atoms with van der Waals surface area (Å²) in [5.74, 6) is 0.234. The standard InChI is InChI=1S/C17H16N4O4/c1-11(2)18-17(22)15-10-14(16-4-3-9-25-16)19-20(15)12-5-7-13(8-6-12)21(23)24/h3-11H,1-2H3,(H,18,22). The summed E-state index contributed by atoms with van der Waals surface area (Å²) in [6.45, 7) is 3.72. The number of non-ortho nitro benzene ring substituents is 1. The fourth-order valence-electron chi connectivity index (χ4n) is 2.34. The van der Waals surface area contributed by atoms with Gasteiger partial charge in [-0.25, -0.2) is 4.68 Å². The molecule has 0 saturated heterocycles. The predicted molar refractivity (Wildman–Crippen MR) is 90.5 cm³/mol. The SMILES string of the molecule is CC(C)NC(=O)c1cc(-c2ccco2)nn1-c1ccc([N+](=O)[O-])cc1. The van der Waals surface area contributed by atoms with E-state index in [4.69, 9.17) is 4.42 Å². The Morgan fingerprint density at radius 3 is 2.56 bits per heavy atom. The van der Waals surface area contributed by atoms with E-state index in [0.29, 0.717) is 22.8 Å². The van der Waals surface area contributed by atoms with Crippen LogP contribution in [-0.2, 0) is 0 Å². The molecule has 3 rings (SSSR count). The fraction of sp³-hybridized carbons (Fsp3) is 0.176. The highest BCUT2D eigenvalue weighted by atomic mass is 16.6. The van der Waals surface area contributed by atoms with E-state index in [1.807, 2.05) is 13.8 Å². The number of nitrogens with zero attached hydrogens (tertiary/aromatic N) is 3. The van der Waals surface area contributed by atoms with Gasteiger partial charge in [0.2, 0.25) is 0 Å². The summed E-state index contributed by atoms with van der Waals surface area (Å²) in [5.41, 5.74) is 1.32. The topological polar surface area (TPSA) is 103 Å². The number of benzene rings is 1. The average Bonchev–Trinajstić information content (AvgIpc) is 3.23. The van der Waals surface area contributed by atoms with Gasteiger partial charge in [-0.05, 0) is 38.1 Å². The number of nitro benzene ring substituents is 1. The molecule has 0 unspecified atom stereocenters. The lowest BCUT2D eigenvalue weighted by molar-refractivity contribution is -0.384. The minimum atomic E-state index is -0.479. The summed E-state index contributed by atoms with van der Waals surface area (Å²) in [5, 5.41) is 18.0. The van der Waals surface area contributed by atoms with E-state index in [0.717, 1.165) is 0 Å². The van der Waals surface area contributed by atoms with E-state index < -0.39 is 4.92 Å². The number of carbonyl (C=O) groups excluding carboxylic acids is 1. The number of aromatic nitrogens is 2. The number of amides is 1. The van der Waals surface area contributed by atoms with Crippen molar-refractivity contribution < 1.29 is 14.1 Å². The molecule has 3 aromatic rings. The molecule has 0 saturated carbocycles. The van der Waals surface area contributed by atoms with E-state index in [-0.39, 0.29) is 17.6 Å². The summed E-state index contributed by atoms with van der Waals surface area (Å²) >= 11 is 0. The molecule has 8 heteroatoms. The number of nitrogens with one attached hydrogen (secondary N) is 1. The number of nitro groups is 1. The summed E-state index contributed by atoms with van der Waals surface area (Å²) in [4.78, 5) is 22.8. The third-order valence-electron chi connectivity index (χ3n) is 3.44. The minimum absolute atomic E-state index is 0.0321. The van der Waals surface area contributed by atoms with Gasteiger partial charge in [0.1, 0.15) is 11.4 Å². The normalized spacial score (nSPS) is 10.8. The second-order valence-electron chi connectivity index (χ2n) is 5.71. The Morgan fingerprint density at radius 2 is 2.00 bits per heavy atom. The molecule has 0 fully saturated rings. The zero-order valence-corrected chi connectivity index (χ0v) is 13.7. The van der Waals surface area contributed by atoms with Crippen LogP contribution in [0.25, 0.3) is 17.1 Å². The van der Waals surface area contributed by atoms with Crippen molar-refractivity contribution in [1.29, 1.82) is 0 Å². The maximum atomic E-state index is 12.5. The molecule has 0 aliphatic heterocycles. The van der Waals surface area contributed by atoms with Crippen molar-refractivity contribution in [2.45, 2.75) is 19.9 Å². The van der Waals surface area contributed by atoms with Crippen molar-refractivity contribution in [2.75, 3.05) is 0 Å². The summed E-state index contributed by atoms with van der Waals surface area (Å²) < 4.78 is 6.78. The zero-order valence-electron chi connectivity index (χ0n) is 13.7. The van der Waals surface area contributed by atoms with Gasteiger partial charge in [0.15, 0.2) is 5.76 Å². The second kappa shape index (κ2) is 6.60. The molecule has 1 N–H and O–H groups in total. The zero-order chi connectivity index (χ0) is 18.0. The number of carbonyl (C=O) groups is 1. The molecule has 2 heterocycles. The lowest BCUT2D eigenvalue weighted by Gasteiger charge is -2.10. The van der Waals surface area contributed by atoms with Crippen molar-refractivity contribution in [1.82, 2.24) is 15.1 Å². The van der Waals surface area contributed by atoms with Crippen LogP contribution in [0, 0.1) is 10.1 Å². The van der Waals surface area contributed by atoms with Gasteiger partial charge in [-0.3, -0.25) is 14.9 Å². The Morgan fingerprint density at radius 1 is 1.28 bits per heavy atom. The Bertz CT molecular complexity index is 895. The van der Waals surface area contributed by atoms with Crippen molar-refractivity contribution >= 4 is 11.6 Å². The van der Waals surface area contributed by atoms with Gasteiger partial charge in [-0.2, -0.15) is 5.10 Å². The summed E-state index contributed by atoms with van der Waals surface area (Å²) in [7, 11) is 0. The molecule has 2 aromatic heterocycles. The molecule has 1 amide bonds. The molecule has 1 aromatic carbocycles. The Kier molecular flexibility index (Phi) is 4.34. The molecule has 128 valence electrons. The highest BCUT2D eigenvalue weighted by molar-refractivity contribution is 5.94. The van der Waals surface area contributed by atoms with Crippen LogP contribution in [0.2, 0.25) is 0 Å². The van der Waals surface area contributed by atoms with E-state index in [1.54, 1.807) is 30.3 Å². The van der Waals surface area contributed by atoms with Crippen molar-refractivity contribution in [3.63, 3.8) is 0 Å². The first-order valence-electron chi connectivity index (χ1n) is 7.65. The van der Waals surface area contributed by atoms with Crippen molar-refractivity contribution in [3.8, 4) is 17.1 Å². The quantitative estimate of drug-likeness (QED) is 0.567. The Labute approximate surface area is 143 Å². The molecular weight excluding hydrogens is 324 g/mol. The van der Waals surface area contributed by atoms with Gasteiger partial charge < -0.3 is 9.73 Å². The monoisotopic (exact) mass is 340 g/mol. The second-order valence-corrected chi connectivity index (χ2v) is 5.71. The number of hydrogen-bond acceptors (Lipinski definition) is 5. The van der Waals surface area contributed by atoms with Crippen LogP contribution < -0.4 is 5.32 Å². The molecule has 0 radical (unpaired) electrons. The number of furan rings is 1. The maximum Gasteiger partial charge on any atom is 0.270 e. The first-order valence-corrected chi connectivity index (χ1v) is 7.65. The molecule has 0 aliphatic carbocycles. The summed E-state index contributed by atoms with van der Waals surface area (Å²) in [6.07, 6.45) is 1.52. The largest absolute Gasteiger partial charge is 0.463 e. The van der Waals surface area contributed by atoms with Crippen LogP contribution in [0.5, 0.6) is 0 Å². The molecule has 25 heavy (non-hydrogen) atoms. The average molecular weight is 340 g/mol.